The minimum atomic E-state index is -8.81. The van der Waals surface area contributed by atoms with Gasteiger partial charge in [-0.05, 0) is 0 Å². The van der Waals surface area contributed by atoms with E-state index in [4.69, 9.17) is 0 Å². The van der Waals surface area contributed by atoms with Gasteiger partial charge in [0.1, 0.15) is 0 Å². The van der Waals surface area contributed by atoms with E-state index in [1.54, 1.807) is 0 Å². The third-order valence-electron chi connectivity index (χ3n) is 3.84. The van der Waals surface area contributed by atoms with E-state index >= 15 is 0 Å². The summed E-state index contributed by atoms with van der Waals surface area (Å²) in [5.41, 5.74) is -8.81. The van der Waals surface area contributed by atoms with Crippen molar-refractivity contribution in [1.82, 2.24) is 0 Å². The second kappa shape index (κ2) is 6.12. The molecule has 0 spiro atoms. The minimum Gasteiger partial charge on any atom is -0.264 e. The summed E-state index contributed by atoms with van der Waals surface area (Å²) < 4.78 is 259. The van der Waals surface area contributed by atoms with E-state index in [1.165, 1.54) is 0 Å². The molecule has 0 unspecified atom stereocenters. The Morgan fingerprint density at radius 3 is 0.839 bits per heavy atom. The van der Waals surface area contributed by atoms with Gasteiger partial charge in [0.25, 0.3) is 0 Å². The smallest absolute Gasteiger partial charge is 0.264 e. The first-order chi connectivity index (χ1) is 13.0. The molecule has 1 nitrogen and oxygen atoms in total. The molecule has 31 heavy (non-hydrogen) atoms. The fourth-order valence-corrected chi connectivity index (χ4v) is 2.11. The number of rotatable bonds is 3. The maximum Gasteiger partial charge on any atom is 0.458 e. The maximum atomic E-state index is 14.0. The zero-order chi connectivity index (χ0) is 25.7. The van der Waals surface area contributed by atoms with Gasteiger partial charge in [-0.25, -0.2) is 4.39 Å². The highest BCUT2D eigenvalue weighted by Crippen LogP contribution is 2.73. The highest BCUT2D eigenvalue weighted by molar-refractivity contribution is 5.29. The molecule has 0 amide bonds. The quantitative estimate of drug-likeness (QED) is 0.402. The van der Waals surface area contributed by atoms with Crippen molar-refractivity contribution in [2.75, 3.05) is 0 Å². The monoisotopic (exact) mass is 516 g/mol. The molecule has 1 aliphatic rings. The lowest BCUT2D eigenvalue weighted by atomic mass is 9.71. The lowest BCUT2D eigenvalue weighted by Gasteiger charge is -2.54. The van der Waals surface area contributed by atoms with E-state index in [0.717, 1.165) is 4.74 Å². The predicted molar refractivity (Wildman–Crippen MR) is 50.6 cm³/mol. The molecule has 0 radical (unpaired) electrons. The second-order valence-electron chi connectivity index (χ2n) is 5.74. The highest BCUT2D eigenvalue weighted by atomic mass is 19.4. The largest absolute Gasteiger partial charge is 0.458 e. The Hall–Kier alpha value is -1.44. The molecule has 0 aromatic carbocycles. The van der Waals surface area contributed by atoms with Crippen LogP contribution in [0, 0.1) is 0 Å². The van der Waals surface area contributed by atoms with Crippen LogP contribution in [0.2, 0.25) is 0 Å². The lowest BCUT2D eigenvalue weighted by Crippen LogP contribution is -2.88. The van der Waals surface area contributed by atoms with Crippen molar-refractivity contribution in [3.8, 4) is 0 Å². The molecule has 0 N–H and O–H groups in total. The third-order valence-corrected chi connectivity index (χ3v) is 3.84. The fraction of sp³-hybridized carbons (Fsp3) is 1.00. The van der Waals surface area contributed by atoms with Gasteiger partial charge in [0.2, 0.25) is 0 Å². The van der Waals surface area contributed by atoms with Crippen molar-refractivity contribution in [1.29, 1.82) is 0 Å². The fourth-order valence-electron chi connectivity index (χ4n) is 2.11. The van der Waals surface area contributed by atoms with Crippen molar-refractivity contribution in [3.05, 3.63) is 0 Å². The first-order valence-corrected chi connectivity index (χ1v) is 6.44. The summed E-state index contributed by atoms with van der Waals surface area (Å²) in [6, 6.07) is 0. The zero-order valence-electron chi connectivity index (χ0n) is 13.0. The van der Waals surface area contributed by atoms with Crippen LogP contribution in [-0.2, 0) is 4.74 Å². The van der Waals surface area contributed by atoms with E-state index in [0.29, 0.717) is 0 Å². The average molecular weight is 516 g/mol. The Bertz CT molecular complexity index is 666. The molecule has 0 heterocycles. The van der Waals surface area contributed by atoms with Gasteiger partial charge in [-0.1, -0.05) is 0 Å². The van der Waals surface area contributed by atoms with E-state index in [-0.39, 0.29) is 0 Å². The van der Waals surface area contributed by atoms with Gasteiger partial charge < -0.3 is 0 Å². The summed E-state index contributed by atoms with van der Waals surface area (Å²) in [5, 5.41) is 0. The minimum absolute atomic E-state index is 1.03. The highest BCUT2D eigenvalue weighted by Gasteiger charge is 3.06. The molecule has 0 saturated heterocycles. The predicted octanol–water partition coefficient (Wildman–Crippen LogP) is 6.28. The molecule has 0 aliphatic heterocycles. The van der Waals surface area contributed by atoms with Crippen LogP contribution >= 0.6 is 0 Å². The van der Waals surface area contributed by atoms with E-state index in [2.05, 4.69) is 0 Å². The molecule has 186 valence electrons. The van der Waals surface area contributed by atoms with Crippen molar-refractivity contribution < 1.29 is 92.5 Å². The summed E-state index contributed by atoms with van der Waals surface area (Å²) in [7, 11) is 0. The topological polar surface area (TPSA) is 9.23 Å². The van der Waals surface area contributed by atoms with Gasteiger partial charge in [-0.15, -0.1) is 0 Å². The van der Waals surface area contributed by atoms with Crippen LogP contribution in [0.4, 0.5) is 87.8 Å². The maximum absolute atomic E-state index is 14.0. The van der Waals surface area contributed by atoms with E-state index in [9.17, 15) is 87.8 Å². The van der Waals surface area contributed by atoms with Crippen LogP contribution in [0.1, 0.15) is 0 Å². The van der Waals surface area contributed by atoms with Gasteiger partial charge in [-0.2, -0.15) is 83.4 Å². The molecule has 0 aromatic rings. The van der Waals surface area contributed by atoms with Crippen LogP contribution in [0.15, 0.2) is 0 Å². The van der Waals surface area contributed by atoms with Crippen LogP contribution in [0.25, 0.3) is 0 Å². The Kier molecular flexibility index (Phi) is 5.44. The Morgan fingerprint density at radius 2 is 0.613 bits per heavy atom. The van der Waals surface area contributed by atoms with Crippen molar-refractivity contribution in [2.45, 2.75) is 59.6 Å². The number of alkyl halides is 20. The van der Waals surface area contributed by atoms with Crippen LogP contribution < -0.4 is 0 Å². The Morgan fingerprint density at radius 1 is 0.387 bits per heavy atom. The molecule has 1 fully saturated rings. The van der Waals surface area contributed by atoms with Gasteiger partial charge in [0.05, 0.1) is 0 Å². The number of hydrogen-bond donors (Lipinski definition) is 0. The molecule has 1 rings (SSSR count). The lowest BCUT2D eigenvalue weighted by molar-refractivity contribution is -0.556. The molecular formula is C10F20O. The van der Waals surface area contributed by atoms with Crippen LogP contribution in [0.3, 0.4) is 0 Å². The molecule has 0 bridgehead atoms. The standard InChI is InChI=1S/C10F20O/c11-1(10(29,30)31-7(22,8(23,24)25)9(26,27)28)2(12,13)4(16,17)6(20,21)5(18,19)3(1,14)15. The Labute approximate surface area is 153 Å². The summed E-state index contributed by atoms with van der Waals surface area (Å²) >= 11 is 0. The SMILES string of the molecule is FC(F)(F)C(F)(OC(F)(F)C1(F)C(F)(F)C(F)(F)C(F)(F)C(F)(F)C1(F)F)C(F)(F)F. The van der Waals surface area contributed by atoms with Gasteiger partial charge >= 0.3 is 59.6 Å². The molecule has 1 aliphatic carbocycles. The molecule has 1 saturated carbocycles. The number of ether oxygens (including phenoxy) is 1. The first kappa shape index (κ1) is 27.6. The third kappa shape index (κ3) is 2.75. The molecule has 0 aromatic heterocycles. The zero-order valence-corrected chi connectivity index (χ0v) is 13.0. The van der Waals surface area contributed by atoms with E-state index in [1.807, 2.05) is 0 Å². The first-order valence-electron chi connectivity index (χ1n) is 6.44. The number of hydrogen-bond acceptors (Lipinski definition) is 1. The van der Waals surface area contributed by atoms with Crippen LogP contribution in [-0.4, -0.2) is 59.6 Å². The normalized spacial score (nSPS) is 27.1. The average Bonchev–Trinajstić information content (AvgIpc) is 2.49. The van der Waals surface area contributed by atoms with Crippen molar-refractivity contribution >= 4 is 0 Å². The van der Waals surface area contributed by atoms with Gasteiger partial charge in [0, 0.05) is 0 Å². The van der Waals surface area contributed by atoms with Gasteiger partial charge in [0.15, 0.2) is 0 Å². The summed E-state index contributed by atoms with van der Waals surface area (Å²) in [6.07, 6.45) is -24.5. The summed E-state index contributed by atoms with van der Waals surface area (Å²) in [4.78, 5) is 0. The summed E-state index contributed by atoms with van der Waals surface area (Å²) in [6.45, 7) is 0. The molecule has 21 heteroatoms. The number of halogens is 20. The Balaban J connectivity index is 3.99. The van der Waals surface area contributed by atoms with Crippen molar-refractivity contribution in [3.63, 3.8) is 0 Å². The molecule has 0 atom stereocenters. The second-order valence-corrected chi connectivity index (χ2v) is 5.74. The van der Waals surface area contributed by atoms with Crippen LogP contribution in [0.5, 0.6) is 0 Å². The van der Waals surface area contributed by atoms with E-state index < -0.39 is 59.6 Å². The summed E-state index contributed by atoms with van der Waals surface area (Å²) in [5.74, 6) is -50.1. The van der Waals surface area contributed by atoms with Gasteiger partial charge in [-0.3, -0.25) is 4.74 Å². The molecular weight excluding hydrogens is 516 g/mol. The van der Waals surface area contributed by atoms with Crippen molar-refractivity contribution in [2.24, 2.45) is 0 Å².